The van der Waals surface area contributed by atoms with Crippen LogP contribution >= 0.6 is 0 Å². The molecule has 11 nitrogen and oxygen atoms in total. The molecule has 0 atom stereocenters. The van der Waals surface area contributed by atoms with Crippen LogP contribution in [0.25, 0.3) is 0 Å². The lowest BCUT2D eigenvalue weighted by molar-refractivity contribution is 0.253. The van der Waals surface area contributed by atoms with Crippen molar-refractivity contribution < 1.29 is 14.3 Å². The Kier molecular flexibility index (Phi) is 6.96. The first kappa shape index (κ1) is 18.4. The molecule has 8 N–H and O–H groups in total. The highest BCUT2D eigenvalue weighted by Gasteiger charge is 2.20. The summed E-state index contributed by atoms with van der Waals surface area (Å²) in [5, 5.41) is 1.07. The highest BCUT2D eigenvalue weighted by molar-refractivity contribution is 5.91. The Morgan fingerprint density at radius 1 is 1.13 bits per heavy atom. The van der Waals surface area contributed by atoms with Crippen molar-refractivity contribution in [1.82, 2.24) is 9.97 Å². The number of hydrogen-bond donors (Lipinski definition) is 4. The van der Waals surface area contributed by atoms with E-state index in [2.05, 4.69) is 16.9 Å². The van der Waals surface area contributed by atoms with Gasteiger partial charge in [-0.2, -0.15) is 9.99 Å². The molecule has 1 rings (SSSR count). The van der Waals surface area contributed by atoms with Gasteiger partial charge in [0.25, 0.3) is 5.95 Å². The number of hydrazine groups is 2. The average Bonchev–Trinajstić information content (AvgIpc) is 2.53. The summed E-state index contributed by atoms with van der Waals surface area (Å²) in [6.45, 7) is 2.49. The fraction of sp³-hybridized carbons (Fsp3) is 0.500. The molecule has 0 spiro atoms. The van der Waals surface area contributed by atoms with Crippen LogP contribution in [-0.2, 0) is 0 Å². The zero-order valence-corrected chi connectivity index (χ0v) is 12.9. The molecule has 0 aliphatic carbocycles. The molecule has 4 amide bonds. The topological polar surface area (TPSA) is 180 Å². The van der Waals surface area contributed by atoms with Crippen LogP contribution in [0.2, 0.25) is 0 Å². The maximum absolute atomic E-state index is 11.3. The van der Waals surface area contributed by atoms with Gasteiger partial charge in [-0.25, -0.2) is 31.3 Å². The van der Waals surface area contributed by atoms with Crippen molar-refractivity contribution in [3.63, 3.8) is 0 Å². The summed E-state index contributed by atoms with van der Waals surface area (Å²) < 4.78 is 5.52. The minimum Gasteiger partial charge on any atom is -0.488 e. The number of anilines is 2. The zero-order valence-electron chi connectivity index (χ0n) is 12.9. The summed E-state index contributed by atoms with van der Waals surface area (Å²) in [7, 11) is 0. The largest absolute Gasteiger partial charge is 0.488 e. The normalized spacial score (nSPS) is 10.2. The molecule has 0 radical (unpaired) electrons. The summed E-state index contributed by atoms with van der Waals surface area (Å²) in [5.74, 6) is 10.7. The lowest BCUT2D eigenvalue weighted by Gasteiger charge is -2.19. The quantitative estimate of drug-likeness (QED) is 0.223. The number of carbonyl (C=O) groups excluding carboxylic acids is 2. The van der Waals surface area contributed by atoms with Crippen LogP contribution in [0.15, 0.2) is 6.20 Å². The van der Waals surface area contributed by atoms with Gasteiger partial charge in [-0.3, -0.25) is 0 Å². The Hall–Kier alpha value is -2.66. The molecule has 1 heterocycles. The molecule has 0 saturated heterocycles. The second-order valence-electron chi connectivity index (χ2n) is 4.68. The Balaban J connectivity index is 2.95. The van der Waals surface area contributed by atoms with Crippen molar-refractivity contribution in [2.75, 3.05) is 16.6 Å². The Labute approximate surface area is 133 Å². The highest BCUT2D eigenvalue weighted by atomic mass is 16.5. The minimum atomic E-state index is -0.980. The minimum absolute atomic E-state index is 0.116. The predicted molar refractivity (Wildman–Crippen MR) is 84.2 cm³/mol. The lowest BCUT2D eigenvalue weighted by atomic mass is 10.2. The summed E-state index contributed by atoms with van der Waals surface area (Å²) in [6, 6.07) is -1.94. The number of rotatable bonds is 8. The Bertz CT molecular complexity index is 553. The van der Waals surface area contributed by atoms with Gasteiger partial charge in [0, 0.05) is 0 Å². The van der Waals surface area contributed by atoms with Crippen molar-refractivity contribution in [2.24, 2.45) is 23.2 Å². The van der Waals surface area contributed by atoms with Gasteiger partial charge in [-0.05, 0) is 6.42 Å². The first-order chi connectivity index (χ1) is 10.9. The molecule has 1 aromatic heterocycles. The third-order valence-electron chi connectivity index (χ3n) is 2.90. The predicted octanol–water partition coefficient (Wildman–Crippen LogP) is -0.0467. The number of unbranched alkanes of at least 4 members (excludes halogenated alkanes) is 3. The van der Waals surface area contributed by atoms with E-state index >= 15 is 0 Å². The van der Waals surface area contributed by atoms with E-state index < -0.39 is 12.1 Å². The van der Waals surface area contributed by atoms with Crippen LogP contribution in [0.3, 0.4) is 0 Å². The van der Waals surface area contributed by atoms with Crippen molar-refractivity contribution in [3.8, 4) is 5.75 Å². The summed E-state index contributed by atoms with van der Waals surface area (Å²) in [6.07, 6.45) is 5.26. The third-order valence-corrected chi connectivity index (χ3v) is 2.90. The van der Waals surface area contributed by atoms with E-state index in [1.165, 1.54) is 6.20 Å². The molecular formula is C12H22N8O3. The number of hydrogen-bond acceptors (Lipinski definition) is 7. The van der Waals surface area contributed by atoms with Crippen molar-refractivity contribution in [2.45, 2.75) is 32.6 Å². The fourth-order valence-electron chi connectivity index (χ4n) is 1.66. The molecule has 0 fully saturated rings. The zero-order chi connectivity index (χ0) is 17.4. The monoisotopic (exact) mass is 326 g/mol. The molecule has 128 valence electrons. The third kappa shape index (κ3) is 5.23. The van der Waals surface area contributed by atoms with Gasteiger partial charge in [0.15, 0.2) is 11.6 Å². The van der Waals surface area contributed by atoms with E-state index in [-0.39, 0.29) is 17.5 Å². The van der Waals surface area contributed by atoms with E-state index in [1.54, 1.807) is 0 Å². The highest BCUT2D eigenvalue weighted by Crippen LogP contribution is 2.25. The van der Waals surface area contributed by atoms with Gasteiger partial charge in [-0.15, -0.1) is 0 Å². The standard InChI is InChI=1S/C12H22N8O3/c1-2-3-4-5-6-23-8-7-17-12(20(16)11(14)22)18-9(8)19(15)10(13)21/h7H,2-6,15-16H2,1H3,(H2,13,21)(H2,14,22). The molecule has 0 aromatic carbocycles. The molecule has 1 aromatic rings. The van der Waals surface area contributed by atoms with Crippen LogP contribution in [0.5, 0.6) is 5.75 Å². The SMILES string of the molecule is CCCCCCOc1cnc(N(N)C(N)=O)nc1N(N)C(N)=O. The molecular weight excluding hydrogens is 304 g/mol. The lowest BCUT2D eigenvalue weighted by Crippen LogP contribution is -2.45. The smallest absolute Gasteiger partial charge is 0.336 e. The van der Waals surface area contributed by atoms with Gasteiger partial charge in [0.2, 0.25) is 0 Å². The first-order valence-corrected chi connectivity index (χ1v) is 7.06. The number of urea groups is 2. The van der Waals surface area contributed by atoms with Gasteiger partial charge in [0.05, 0.1) is 12.8 Å². The second-order valence-corrected chi connectivity index (χ2v) is 4.68. The van der Waals surface area contributed by atoms with Crippen molar-refractivity contribution in [3.05, 3.63) is 6.20 Å². The van der Waals surface area contributed by atoms with E-state index in [0.29, 0.717) is 16.6 Å². The van der Waals surface area contributed by atoms with Crippen LogP contribution in [-0.4, -0.2) is 28.6 Å². The molecule has 0 aliphatic rings. The van der Waals surface area contributed by atoms with Crippen LogP contribution in [0, 0.1) is 0 Å². The van der Waals surface area contributed by atoms with Crippen molar-refractivity contribution in [1.29, 1.82) is 0 Å². The van der Waals surface area contributed by atoms with Gasteiger partial charge < -0.3 is 16.2 Å². The molecule has 0 unspecified atom stereocenters. The Morgan fingerprint density at radius 2 is 1.78 bits per heavy atom. The number of primary amides is 2. The van der Waals surface area contributed by atoms with E-state index in [0.717, 1.165) is 25.7 Å². The van der Waals surface area contributed by atoms with Gasteiger partial charge >= 0.3 is 12.1 Å². The van der Waals surface area contributed by atoms with Gasteiger partial charge in [-0.1, -0.05) is 26.2 Å². The number of carbonyl (C=O) groups is 2. The first-order valence-electron chi connectivity index (χ1n) is 7.06. The number of aromatic nitrogens is 2. The summed E-state index contributed by atoms with van der Waals surface area (Å²) in [5.41, 5.74) is 10.2. The Morgan fingerprint density at radius 3 is 2.35 bits per heavy atom. The van der Waals surface area contributed by atoms with E-state index in [9.17, 15) is 9.59 Å². The number of nitrogens with zero attached hydrogens (tertiary/aromatic N) is 4. The molecule has 23 heavy (non-hydrogen) atoms. The van der Waals surface area contributed by atoms with E-state index in [4.69, 9.17) is 27.9 Å². The maximum atomic E-state index is 11.3. The summed E-state index contributed by atoms with van der Waals surface area (Å²) >= 11 is 0. The fourth-order valence-corrected chi connectivity index (χ4v) is 1.66. The number of amides is 4. The summed E-state index contributed by atoms with van der Waals surface area (Å²) in [4.78, 5) is 30.0. The molecule has 11 heteroatoms. The van der Waals surface area contributed by atoms with Crippen LogP contribution in [0.1, 0.15) is 32.6 Å². The van der Waals surface area contributed by atoms with Crippen molar-refractivity contribution >= 4 is 23.8 Å². The number of nitrogens with two attached hydrogens (primary N) is 4. The van der Waals surface area contributed by atoms with Gasteiger partial charge in [0.1, 0.15) is 0 Å². The average molecular weight is 326 g/mol. The van der Waals surface area contributed by atoms with Crippen LogP contribution in [0.4, 0.5) is 21.4 Å². The maximum Gasteiger partial charge on any atom is 0.336 e. The molecule has 0 saturated carbocycles. The second kappa shape index (κ2) is 8.70. The van der Waals surface area contributed by atoms with E-state index in [1.807, 2.05) is 0 Å². The molecule has 0 bridgehead atoms. The van der Waals surface area contributed by atoms with Crippen LogP contribution < -0.4 is 37.9 Å². The molecule has 0 aliphatic heterocycles. The number of ether oxygens (including phenoxy) is 1.